The Hall–Kier alpha value is -2.08. The van der Waals surface area contributed by atoms with Crippen LogP contribution in [0.15, 0.2) is 84.5 Å². The lowest BCUT2D eigenvalue weighted by Gasteiger charge is -2.19. The summed E-state index contributed by atoms with van der Waals surface area (Å²) in [6.07, 6.45) is 12.4. The van der Waals surface area contributed by atoms with Crippen LogP contribution in [0.1, 0.15) is 90.7 Å². The molecule has 2 rings (SSSR count). The van der Waals surface area contributed by atoms with Gasteiger partial charge in [0, 0.05) is 0 Å². The van der Waals surface area contributed by atoms with E-state index >= 15 is 0 Å². The lowest BCUT2D eigenvalue weighted by molar-refractivity contribution is 0.540. The maximum atomic E-state index is 3.97. The molecule has 0 aromatic heterocycles. The average molecular weight is 407 g/mol. The molecule has 0 saturated heterocycles. The number of hydrogen-bond acceptors (Lipinski definition) is 0. The van der Waals surface area contributed by atoms with Crippen LogP contribution >= 0.6 is 0 Å². The van der Waals surface area contributed by atoms with Crippen LogP contribution in [0.4, 0.5) is 0 Å². The van der Waals surface area contributed by atoms with E-state index in [9.17, 15) is 0 Å². The molecule has 0 saturated carbocycles. The molecule has 0 heterocycles. The summed E-state index contributed by atoms with van der Waals surface area (Å²) in [4.78, 5) is 0. The molecule has 1 aliphatic rings. The minimum absolute atomic E-state index is 0.653. The molecular weight excluding hydrogens is 360 g/mol. The average Bonchev–Trinajstić information content (AvgIpc) is 2.69. The highest BCUT2D eigenvalue weighted by Gasteiger charge is 2.11. The van der Waals surface area contributed by atoms with Crippen molar-refractivity contribution in [1.29, 1.82) is 0 Å². The topological polar surface area (TPSA) is 0 Å². The second kappa shape index (κ2) is 15.7. The maximum Gasteiger partial charge on any atom is -0.0171 e. The molecular formula is C30H46. The summed E-state index contributed by atoms with van der Waals surface area (Å²) < 4.78 is 0. The van der Waals surface area contributed by atoms with Crippen molar-refractivity contribution in [3.8, 4) is 0 Å². The third-order valence-corrected chi connectivity index (χ3v) is 5.44. The van der Waals surface area contributed by atoms with Crippen LogP contribution in [0.3, 0.4) is 0 Å². The van der Waals surface area contributed by atoms with Gasteiger partial charge in [-0.25, -0.2) is 0 Å². The van der Waals surface area contributed by atoms with Crippen molar-refractivity contribution in [2.45, 2.75) is 86.5 Å². The smallest absolute Gasteiger partial charge is 0.0171 e. The Morgan fingerprint density at radius 3 is 2.07 bits per heavy atom. The van der Waals surface area contributed by atoms with Crippen molar-refractivity contribution >= 4 is 0 Å². The van der Waals surface area contributed by atoms with Gasteiger partial charge in [0.05, 0.1) is 0 Å². The number of hydrogen-bond donors (Lipinski definition) is 0. The molecule has 1 aromatic rings. The van der Waals surface area contributed by atoms with E-state index in [0.717, 1.165) is 18.8 Å². The molecule has 0 aliphatic heterocycles. The van der Waals surface area contributed by atoms with Gasteiger partial charge < -0.3 is 0 Å². The molecule has 0 spiro atoms. The lowest BCUT2D eigenvalue weighted by Crippen LogP contribution is -2.04. The first-order valence-electron chi connectivity index (χ1n) is 11.4. The molecule has 1 atom stereocenters. The van der Waals surface area contributed by atoms with Gasteiger partial charge in [-0.05, 0) is 84.1 Å². The quantitative estimate of drug-likeness (QED) is 0.325. The van der Waals surface area contributed by atoms with Crippen LogP contribution in [0, 0.1) is 12.8 Å². The number of rotatable bonds is 6. The van der Waals surface area contributed by atoms with Gasteiger partial charge in [-0.1, -0.05) is 97.4 Å². The molecule has 0 N–H and O–H groups in total. The minimum atomic E-state index is 0.653. The van der Waals surface area contributed by atoms with E-state index in [1.807, 2.05) is 6.08 Å². The normalized spacial score (nSPS) is 15.8. The van der Waals surface area contributed by atoms with Crippen molar-refractivity contribution in [1.82, 2.24) is 0 Å². The van der Waals surface area contributed by atoms with Crippen LogP contribution in [0.25, 0.3) is 0 Å². The predicted molar refractivity (Wildman–Crippen MR) is 139 cm³/mol. The maximum absolute atomic E-state index is 3.97. The van der Waals surface area contributed by atoms with Gasteiger partial charge in [0.15, 0.2) is 0 Å². The van der Waals surface area contributed by atoms with Crippen molar-refractivity contribution in [2.75, 3.05) is 0 Å². The van der Waals surface area contributed by atoms with E-state index in [2.05, 4.69) is 105 Å². The fraction of sp³-hybridized carbons (Fsp3) is 0.467. The molecule has 0 nitrogen and oxygen atoms in total. The largest absolute Gasteiger partial charge is 0.100 e. The molecule has 166 valence electrons. The van der Waals surface area contributed by atoms with E-state index in [4.69, 9.17) is 0 Å². The van der Waals surface area contributed by atoms with Crippen molar-refractivity contribution < 1.29 is 0 Å². The molecule has 0 heteroatoms. The highest BCUT2D eigenvalue weighted by Crippen LogP contribution is 2.27. The monoisotopic (exact) mass is 406 g/mol. The molecule has 1 aromatic carbocycles. The van der Waals surface area contributed by atoms with E-state index in [1.54, 1.807) is 5.57 Å². The Bertz CT molecular complexity index is 707. The molecule has 0 fully saturated rings. The summed E-state index contributed by atoms with van der Waals surface area (Å²) in [5, 5.41) is 0. The predicted octanol–water partition coefficient (Wildman–Crippen LogP) is 9.90. The number of aryl methyl sites for hydroxylation is 1. The second-order valence-corrected chi connectivity index (χ2v) is 9.08. The fourth-order valence-electron chi connectivity index (χ4n) is 2.99. The first-order valence-corrected chi connectivity index (χ1v) is 11.4. The molecule has 0 bridgehead atoms. The fourth-order valence-corrected chi connectivity index (χ4v) is 2.99. The highest BCUT2D eigenvalue weighted by molar-refractivity contribution is 5.23. The lowest BCUT2D eigenvalue weighted by atomic mass is 9.86. The second-order valence-electron chi connectivity index (χ2n) is 9.08. The Morgan fingerprint density at radius 1 is 1.07 bits per heavy atom. The van der Waals surface area contributed by atoms with Crippen LogP contribution < -0.4 is 0 Å². The van der Waals surface area contributed by atoms with Crippen LogP contribution in [-0.2, 0) is 0 Å². The Kier molecular flexibility index (Phi) is 14.6. The van der Waals surface area contributed by atoms with Gasteiger partial charge in [-0.15, -0.1) is 6.58 Å². The molecule has 30 heavy (non-hydrogen) atoms. The van der Waals surface area contributed by atoms with Gasteiger partial charge in [-0.3, -0.25) is 0 Å². The minimum Gasteiger partial charge on any atom is -0.100 e. The first kappa shape index (κ1) is 27.9. The summed E-state index contributed by atoms with van der Waals surface area (Å²) in [6, 6.07) is 8.71. The standard InChI is InChI=1S/C10H16.C10H14.C10H16/c2*1-8(2)10-6-4-9(3)5-7-10;1-5-10(4)8-6-7-9(2)3/h4,10H,1,5-7H2,2-3H3;4-8H,1-3H3;5,8H,1-2,6-7H2,3-4H3/b;;10-8+. The first-order chi connectivity index (χ1) is 14.1. The van der Waals surface area contributed by atoms with Crippen LogP contribution in [0.2, 0.25) is 0 Å². The van der Waals surface area contributed by atoms with Gasteiger partial charge in [0.25, 0.3) is 0 Å². The Morgan fingerprint density at radius 2 is 1.67 bits per heavy atom. The molecule has 0 amide bonds. The van der Waals surface area contributed by atoms with E-state index in [-0.39, 0.29) is 0 Å². The number of allylic oxidation sites excluding steroid dienone is 7. The Labute approximate surface area is 188 Å². The van der Waals surface area contributed by atoms with Crippen molar-refractivity contribution in [3.63, 3.8) is 0 Å². The zero-order chi connectivity index (χ0) is 23.1. The van der Waals surface area contributed by atoms with Gasteiger partial charge in [0.2, 0.25) is 0 Å². The summed E-state index contributed by atoms with van der Waals surface area (Å²) in [5.41, 5.74) is 8.16. The third kappa shape index (κ3) is 14.0. The van der Waals surface area contributed by atoms with Crippen molar-refractivity contribution in [2.24, 2.45) is 5.92 Å². The van der Waals surface area contributed by atoms with E-state index in [1.165, 1.54) is 47.1 Å². The third-order valence-electron chi connectivity index (χ3n) is 5.44. The summed E-state index contributed by atoms with van der Waals surface area (Å²) in [7, 11) is 0. The summed E-state index contributed by atoms with van der Waals surface area (Å²) >= 11 is 0. The van der Waals surface area contributed by atoms with Gasteiger partial charge in [0.1, 0.15) is 0 Å². The summed E-state index contributed by atoms with van der Waals surface area (Å²) in [6.45, 7) is 26.5. The zero-order valence-corrected chi connectivity index (χ0v) is 20.9. The highest BCUT2D eigenvalue weighted by atomic mass is 14.2. The Balaban J connectivity index is 0.000000420. The van der Waals surface area contributed by atoms with Crippen molar-refractivity contribution in [3.05, 3.63) is 95.6 Å². The zero-order valence-electron chi connectivity index (χ0n) is 20.9. The van der Waals surface area contributed by atoms with Gasteiger partial charge in [-0.2, -0.15) is 0 Å². The van der Waals surface area contributed by atoms with Crippen LogP contribution in [-0.4, -0.2) is 0 Å². The van der Waals surface area contributed by atoms with Gasteiger partial charge >= 0.3 is 0 Å². The van der Waals surface area contributed by atoms with E-state index in [0.29, 0.717) is 5.92 Å². The van der Waals surface area contributed by atoms with Crippen LogP contribution in [0.5, 0.6) is 0 Å². The SMILES string of the molecule is C=C(C)C1CC=C(C)CC1.C=C/C(C)=C/CCC(=C)C.Cc1ccc(C(C)C)cc1. The molecule has 1 unspecified atom stereocenters. The summed E-state index contributed by atoms with van der Waals surface area (Å²) in [5.74, 6) is 1.42. The molecule has 0 radical (unpaired) electrons. The van der Waals surface area contributed by atoms with E-state index < -0.39 is 0 Å². The molecule has 1 aliphatic carbocycles. The number of benzene rings is 1.